The van der Waals surface area contributed by atoms with Gasteiger partial charge in [0.15, 0.2) is 0 Å². The molecule has 28 heavy (non-hydrogen) atoms. The van der Waals surface area contributed by atoms with E-state index in [1.807, 2.05) is 0 Å². The van der Waals surface area contributed by atoms with Gasteiger partial charge in [-0.15, -0.1) is 0 Å². The number of rotatable bonds is 2. The zero-order chi connectivity index (χ0) is 19.3. The summed E-state index contributed by atoms with van der Waals surface area (Å²) in [7, 11) is 4.02. The van der Waals surface area contributed by atoms with Gasteiger partial charge in [-0.2, -0.15) is 0 Å². The molecule has 144 valence electrons. The standard InChI is InChI=1S/C25H28N2O/c1-17-6-4-9-23-22(17)13-18-12-20-16-27(2)11-10-25(20,15-24(18)26-23)19-7-5-8-21(14-19)28-3/h4-9,13-14,20H,10-12,15-16H2,1-3H3/t20-,25-/m0/s1. The number of hydrogen-bond acceptors (Lipinski definition) is 3. The van der Waals surface area contributed by atoms with E-state index in [2.05, 4.69) is 67.4 Å². The highest BCUT2D eigenvalue weighted by molar-refractivity contribution is 5.83. The van der Waals surface area contributed by atoms with E-state index in [-0.39, 0.29) is 5.41 Å². The fraction of sp³-hybridized carbons (Fsp3) is 0.400. The van der Waals surface area contributed by atoms with Crippen molar-refractivity contribution in [3.8, 4) is 5.75 Å². The van der Waals surface area contributed by atoms with Crippen LogP contribution >= 0.6 is 0 Å². The Kier molecular flexibility index (Phi) is 4.17. The molecule has 3 heteroatoms. The Labute approximate surface area is 167 Å². The smallest absolute Gasteiger partial charge is 0.119 e. The van der Waals surface area contributed by atoms with Gasteiger partial charge in [-0.1, -0.05) is 24.3 Å². The van der Waals surface area contributed by atoms with E-state index in [4.69, 9.17) is 9.72 Å². The summed E-state index contributed by atoms with van der Waals surface area (Å²) in [4.78, 5) is 7.65. The van der Waals surface area contributed by atoms with Gasteiger partial charge in [-0.05, 0) is 80.2 Å². The molecular weight excluding hydrogens is 344 g/mol. The third-order valence-corrected chi connectivity index (χ3v) is 7.09. The molecule has 0 spiro atoms. The van der Waals surface area contributed by atoms with Crippen LogP contribution in [0.1, 0.15) is 28.8 Å². The summed E-state index contributed by atoms with van der Waals surface area (Å²) in [6, 6.07) is 17.6. The van der Waals surface area contributed by atoms with Crippen LogP contribution in [-0.2, 0) is 18.3 Å². The molecule has 1 saturated heterocycles. The molecule has 0 radical (unpaired) electrons. The molecular formula is C25H28N2O. The van der Waals surface area contributed by atoms with E-state index >= 15 is 0 Å². The van der Waals surface area contributed by atoms with Crippen LogP contribution in [0.5, 0.6) is 5.75 Å². The molecule has 0 N–H and O–H groups in total. The van der Waals surface area contributed by atoms with Crippen molar-refractivity contribution in [2.45, 2.75) is 31.6 Å². The van der Waals surface area contributed by atoms with E-state index in [1.54, 1.807) is 7.11 Å². The second-order valence-electron chi connectivity index (χ2n) is 8.71. The number of aromatic nitrogens is 1. The summed E-state index contributed by atoms with van der Waals surface area (Å²) in [5, 5.41) is 1.30. The number of nitrogens with zero attached hydrogens (tertiary/aromatic N) is 2. The molecule has 1 aromatic heterocycles. The number of hydrogen-bond donors (Lipinski definition) is 0. The molecule has 0 unspecified atom stereocenters. The first-order valence-corrected chi connectivity index (χ1v) is 10.3. The molecule has 3 aromatic rings. The zero-order valence-electron chi connectivity index (χ0n) is 17.0. The van der Waals surface area contributed by atoms with Crippen LogP contribution in [0.3, 0.4) is 0 Å². The van der Waals surface area contributed by atoms with E-state index in [0.29, 0.717) is 5.92 Å². The SMILES string of the molecule is COc1cccc([C@@]23CCN(C)C[C@@H]2Cc2cc4c(C)cccc4nc2C3)c1. The monoisotopic (exact) mass is 372 g/mol. The van der Waals surface area contributed by atoms with Crippen LogP contribution in [0.2, 0.25) is 0 Å². The van der Waals surface area contributed by atoms with E-state index in [9.17, 15) is 0 Å². The molecule has 1 aliphatic heterocycles. The van der Waals surface area contributed by atoms with Gasteiger partial charge in [-0.25, -0.2) is 0 Å². The normalized spacial score (nSPS) is 24.6. The summed E-state index contributed by atoms with van der Waals surface area (Å²) in [6.07, 6.45) is 3.31. The minimum absolute atomic E-state index is 0.151. The zero-order valence-corrected chi connectivity index (χ0v) is 17.0. The summed E-state index contributed by atoms with van der Waals surface area (Å²) in [5.74, 6) is 1.56. The maximum atomic E-state index is 5.56. The number of piperidine rings is 1. The van der Waals surface area contributed by atoms with Crippen molar-refractivity contribution >= 4 is 10.9 Å². The van der Waals surface area contributed by atoms with E-state index < -0.39 is 0 Å². The van der Waals surface area contributed by atoms with Gasteiger partial charge in [0, 0.05) is 29.5 Å². The predicted molar refractivity (Wildman–Crippen MR) is 114 cm³/mol. The predicted octanol–water partition coefficient (Wildman–Crippen LogP) is 4.54. The van der Waals surface area contributed by atoms with Crippen molar-refractivity contribution in [1.82, 2.24) is 9.88 Å². The second kappa shape index (κ2) is 6.59. The Bertz CT molecular complexity index is 1040. The number of likely N-dealkylation sites (tertiary alicyclic amines) is 1. The first kappa shape index (κ1) is 17.7. The Hall–Kier alpha value is -2.39. The topological polar surface area (TPSA) is 25.4 Å². The Morgan fingerprint density at radius 2 is 2.00 bits per heavy atom. The average Bonchev–Trinajstić information content (AvgIpc) is 2.71. The summed E-state index contributed by atoms with van der Waals surface area (Å²) >= 11 is 0. The van der Waals surface area contributed by atoms with Gasteiger partial charge in [-0.3, -0.25) is 4.98 Å². The highest BCUT2D eigenvalue weighted by Crippen LogP contribution is 2.48. The molecule has 2 heterocycles. The lowest BCUT2D eigenvalue weighted by Gasteiger charge is -2.50. The van der Waals surface area contributed by atoms with Crippen LogP contribution in [-0.4, -0.2) is 37.1 Å². The Morgan fingerprint density at radius 3 is 2.86 bits per heavy atom. The van der Waals surface area contributed by atoms with Crippen molar-refractivity contribution < 1.29 is 4.74 Å². The highest BCUT2D eigenvalue weighted by atomic mass is 16.5. The first-order chi connectivity index (χ1) is 13.6. The van der Waals surface area contributed by atoms with Crippen molar-refractivity contribution in [2.24, 2.45) is 5.92 Å². The van der Waals surface area contributed by atoms with Gasteiger partial charge < -0.3 is 9.64 Å². The third-order valence-electron chi connectivity index (χ3n) is 7.09. The maximum Gasteiger partial charge on any atom is 0.119 e. The number of fused-ring (bicyclic) bond motifs is 3. The van der Waals surface area contributed by atoms with Crippen molar-refractivity contribution in [2.75, 3.05) is 27.2 Å². The largest absolute Gasteiger partial charge is 0.497 e. The molecule has 0 saturated carbocycles. The van der Waals surface area contributed by atoms with Crippen LogP contribution in [0.4, 0.5) is 0 Å². The molecule has 1 aliphatic carbocycles. The van der Waals surface area contributed by atoms with Crippen LogP contribution in [0.25, 0.3) is 10.9 Å². The Morgan fingerprint density at radius 1 is 1.14 bits per heavy atom. The van der Waals surface area contributed by atoms with Gasteiger partial charge in [0.25, 0.3) is 0 Å². The molecule has 2 aromatic carbocycles. The highest BCUT2D eigenvalue weighted by Gasteiger charge is 2.47. The molecule has 0 bridgehead atoms. The number of benzene rings is 2. The van der Waals surface area contributed by atoms with E-state index in [0.717, 1.165) is 37.2 Å². The molecule has 2 atom stereocenters. The van der Waals surface area contributed by atoms with Crippen LogP contribution in [0, 0.1) is 12.8 Å². The lowest BCUT2D eigenvalue weighted by Crippen LogP contribution is -2.53. The third kappa shape index (κ3) is 2.72. The summed E-state index contributed by atoms with van der Waals surface area (Å²) in [6.45, 7) is 4.46. The van der Waals surface area contributed by atoms with Gasteiger partial charge in [0.1, 0.15) is 5.75 Å². The molecule has 2 aliphatic rings. The molecule has 1 fully saturated rings. The minimum atomic E-state index is 0.151. The lowest BCUT2D eigenvalue weighted by molar-refractivity contribution is 0.0987. The van der Waals surface area contributed by atoms with Gasteiger partial charge in [0.05, 0.1) is 12.6 Å². The summed E-state index contributed by atoms with van der Waals surface area (Å²) in [5.41, 5.74) is 6.76. The number of methoxy groups -OCH3 is 1. The minimum Gasteiger partial charge on any atom is -0.497 e. The fourth-order valence-electron chi connectivity index (χ4n) is 5.46. The van der Waals surface area contributed by atoms with Crippen LogP contribution < -0.4 is 4.74 Å². The van der Waals surface area contributed by atoms with Crippen molar-refractivity contribution in [3.05, 3.63) is 70.9 Å². The number of pyridine rings is 1. The quantitative estimate of drug-likeness (QED) is 0.660. The number of aryl methyl sites for hydroxylation is 1. The maximum absolute atomic E-state index is 5.56. The van der Waals surface area contributed by atoms with Gasteiger partial charge in [0.2, 0.25) is 0 Å². The average molecular weight is 373 g/mol. The van der Waals surface area contributed by atoms with Crippen molar-refractivity contribution in [3.63, 3.8) is 0 Å². The van der Waals surface area contributed by atoms with Crippen molar-refractivity contribution in [1.29, 1.82) is 0 Å². The Balaban J connectivity index is 1.66. The molecule has 0 amide bonds. The molecule has 3 nitrogen and oxygen atoms in total. The second-order valence-corrected chi connectivity index (χ2v) is 8.71. The summed E-state index contributed by atoms with van der Waals surface area (Å²) < 4.78 is 5.56. The lowest BCUT2D eigenvalue weighted by atomic mass is 9.58. The van der Waals surface area contributed by atoms with E-state index in [1.165, 1.54) is 34.2 Å². The fourth-order valence-corrected chi connectivity index (χ4v) is 5.46. The van der Waals surface area contributed by atoms with Crippen LogP contribution in [0.15, 0.2) is 48.5 Å². The first-order valence-electron chi connectivity index (χ1n) is 10.3. The van der Waals surface area contributed by atoms with Gasteiger partial charge >= 0.3 is 0 Å². The molecule has 5 rings (SSSR count). The number of ether oxygens (including phenoxy) is 1.